The van der Waals surface area contributed by atoms with E-state index >= 15 is 0 Å². The van der Waals surface area contributed by atoms with Gasteiger partial charge in [0.25, 0.3) is 0 Å². The van der Waals surface area contributed by atoms with Gasteiger partial charge in [-0.2, -0.15) is 0 Å². The number of carbonyl (C=O) groups excluding carboxylic acids is 1. The van der Waals surface area contributed by atoms with E-state index in [0.29, 0.717) is 13.0 Å². The van der Waals surface area contributed by atoms with Gasteiger partial charge >= 0.3 is 0 Å². The Morgan fingerprint density at radius 3 is 2.83 bits per heavy atom. The van der Waals surface area contributed by atoms with Crippen LogP contribution in [-0.4, -0.2) is 11.9 Å². The topological polar surface area (TPSA) is 66.3 Å². The summed E-state index contributed by atoms with van der Waals surface area (Å²) in [5.74, 6) is 0.724. The molecule has 0 spiro atoms. The first kappa shape index (κ1) is 14.9. The molecular formula is C19H19N3O2. The Bertz CT molecular complexity index is 839. The third-order valence-electron chi connectivity index (χ3n) is 4.44. The van der Waals surface area contributed by atoms with Gasteiger partial charge in [-0.15, -0.1) is 0 Å². The molecule has 5 heteroatoms. The van der Waals surface area contributed by atoms with Gasteiger partial charge in [-0.05, 0) is 34.9 Å². The molecule has 0 saturated carbocycles. The lowest BCUT2D eigenvalue weighted by Gasteiger charge is -2.13. The average Bonchev–Trinajstić information content (AvgIpc) is 3.31. The van der Waals surface area contributed by atoms with E-state index in [1.165, 1.54) is 16.3 Å². The second-order valence-corrected chi connectivity index (χ2v) is 6.00. The van der Waals surface area contributed by atoms with Gasteiger partial charge in [0.05, 0.1) is 12.8 Å². The SMILES string of the molecule is O=C(NCc1ccco1)C1CC(c2cccc3ccccc23)NN1. The molecule has 0 bridgehead atoms. The summed E-state index contributed by atoms with van der Waals surface area (Å²) < 4.78 is 5.23. The molecule has 0 radical (unpaired) electrons. The van der Waals surface area contributed by atoms with Crippen molar-refractivity contribution in [1.29, 1.82) is 0 Å². The highest BCUT2D eigenvalue weighted by Gasteiger charge is 2.30. The number of furan rings is 1. The predicted octanol–water partition coefficient (Wildman–Crippen LogP) is 2.66. The van der Waals surface area contributed by atoms with E-state index in [1.54, 1.807) is 6.26 Å². The van der Waals surface area contributed by atoms with Crippen LogP contribution in [0.25, 0.3) is 10.8 Å². The standard InChI is InChI=1S/C19H19N3O2/c23-19(20-12-14-7-4-10-24-14)18-11-17(21-22-18)16-9-3-6-13-5-1-2-8-15(13)16/h1-10,17-18,21-22H,11-12H2,(H,20,23). The van der Waals surface area contributed by atoms with Gasteiger partial charge in [-0.25, -0.2) is 10.9 Å². The van der Waals surface area contributed by atoms with E-state index in [-0.39, 0.29) is 18.0 Å². The molecule has 3 aromatic rings. The zero-order valence-electron chi connectivity index (χ0n) is 13.2. The van der Waals surface area contributed by atoms with Crippen LogP contribution in [0.4, 0.5) is 0 Å². The second kappa shape index (κ2) is 6.47. The number of nitrogens with one attached hydrogen (secondary N) is 3. The number of hydrogen-bond acceptors (Lipinski definition) is 4. The molecule has 1 aromatic heterocycles. The van der Waals surface area contributed by atoms with Gasteiger partial charge in [-0.3, -0.25) is 4.79 Å². The molecule has 2 atom stereocenters. The lowest BCUT2D eigenvalue weighted by molar-refractivity contribution is -0.123. The fourth-order valence-corrected chi connectivity index (χ4v) is 3.20. The molecule has 24 heavy (non-hydrogen) atoms. The zero-order valence-corrected chi connectivity index (χ0v) is 13.2. The Hall–Kier alpha value is -2.63. The number of benzene rings is 2. The van der Waals surface area contributed by atoms with E-state index in [2.05, 4.69) is 46.5 Å². The molecule has 1 saturated heterocycles. The third kappa shape index (κ3) is 2.91. The molecule has 5 nitrogen and oxygen atoms in total. The minimum atomic E-state index is -0.260. The molecule has 2 heterocycles. The van der Waals surface area contributed by atoms with E-state index in [0.717, 1.165) is 5.76 Å². The summed E-state index contributed by atoms with van der Waals surface area (Å²) in [7, 11) is 0. The number of hydrazine groups is 1. The number of amides is 1. The van der Waals surface area contributed by atoms with Gasteiger partial charge < -0.3 is 9.73 Å². The summed E-state index contributed by atoms with van der Waals surface area (Å²) in [4.78, 5) is 12.3. The highest BCUT2D eigenvalue weighted by molar-refractivity contribution is 5.86. The van der Waals surface area contributed by atoms with Gasteiger partial charge in [0.1, 0.15) is 11.8 Å². The smallest absolute Gasteiger partial charge is 0.238 e. The largest absolute Gasteiger partial charge is 0.467 e. The Morgan fingerprint density at radius 2 is 1.96 bits per heavy atom. The normalized spacial score (nSPS) is 20.3. The number of hydrogen-bond donors (Lipinski definition) is 3. The van der Waals surface area contributed by atoms with Crippen molar-refractivity contribution in [3.63, 3.8) is 0 Å². The molecule has 1 aliphatic rings. The van der Waals surface area contributed by atoms with E-state index in [4.69, 9.17) is 4.42 Å². The highest BCUT2D eigenvalue weighted by atomic mass is 16.3. The Morgan fingerprint density at radius 1 is 1.08 bits per heavy atom. The zero-order chi connectivity index (χ0) is 16.4. The molecule has 1 aliphatic heterocycles. The van der Waals surface area contributed by atoms with Crippen LogP contribution in [0.1, 0.15) is 23.8 Å². The minimum Gasteiger partial charge on any atom is -0.467 e. The van der Waals surface area contributed by atoms with Crippen molar-refractivity contribution in [1.82, 2.24) is 16.2 Å². The van der Waals surface area contributed by atoms with Crippen molar-refractivity contribution in [2.45, 2.75) is 25.0 Å². The molecule has 1 amide bonds. The highest BCUT2D eigenvalue weighted by Crippen LogP contribution is 2.29. The average molecular weight is 321 g/mol. The summed E-state index contributed by atoms with van der Waals surface area (Å²) in [6.07, 6.45) is 2.31. The number of fused-ring (bicyclic) bond motifs is 1. The van der Waals surface area contributed by atoms with Crippen molar-refractivity contribution < 1.29 is 9.21 Å². The molecular weight excluding hydrogens is 302 g/mol. The molecule has 0 aliphatic carbocycles. The molecule has 122 valence electrons. The Kier molecular flexibility index (Phi) is 4.02. The maximum absolute atomic E-state index is 12.3. The molecule has 1 fully saturated rings. The van der Waals surface area contributed by atoms with Gasteiger partial charge in [-0.1, -0.05) is 42.5 Å². The second-order valence-electron chi connectivity index (χ2n) is 6.00. The van der Waals surface area contributed by atoms with Crippen LogP contribution in [-0.2, 0) is 11.3 Å². The monoisotopic (exact) mass is 321 g/mol. The van der Waals surface area contributed by atoms with Gasteiger partial charge in [0.15, 0.2) is 0 Å². The summed E-state index contributed by atoms with van der Waals surface area (Å²) in [6.45, 7) is 0.406. The van der Waals surface area contributed by atoms with Crippen molar-refractivity contribution in [3.05, 3.63) is 72.2 Å². The maximum Gasteiger partial charge on any atom is 0.238 e. The van der Waals surface area contributed by atoms with Crippen LogP contribution in [0.2, 0.25) is 0 Å². The number of rotatable bonds is 4. The molecule has 4 rings (SSSR count). The quantitative estimate of drug-likeness (QED) is 0.691. The lowest BCUT2D eigenvalue weighted by atomic mass is 9.96. The van der Waals surface area contributed by atoms with Crippen molar-refractivity contribution in [3.8, 4) is 0 Å². The van der Waals surface area contributed by atoms with E-state index in [1.807, 2.05) is 24.3 Å². The third-order valence-corrected chi connectivity index (χ3v) is 4.44. The first-order valence-electron chi connectivity index (χ1n) is 8.10. The summed E-state index contributed by atoms with van der Waals surface area (Å²) in [5.41, 5.74) is 7.57. The molecule has 2 unspecified atom stereocenters. The summed E-state index contributed by atoms with van der Waals surface area (Å²) >= 11 is 0. The van der Waals surface area contributed by atoms with Crippen molar-refractivity contribution in [2.24, 2.45) is 0 Å². The Labute approximate surface area is 140 Å². The van der Waals surface area contributed by atoms with Crippen LogP contribution in [0.3, 0.4) is 0 Å². The van der Waals surface area contributed by atoms with Crippen LogP contribution >= 0.6 is 0 Å². The Balaban J connectivity index is 1.45. The van der Waals surface area contributed by atoms with Gasteiger partial charge in [0, 0.05) is 6.04 Å². The van der Waals surface area contributed by atoms with Crippen molar-refractivity contribution >= 4 is 16.7 Å². The maximum atomic E-state index is 12.3. The van der Waals surface area contributed by atoms with Crippen LogP contribution < -0.4 is 16.2 Å². The number of carbonyl (C=O) groups is 1. The minimum absolute atomic E-state index is 0.0263. The van der Waals surface area contributed by atoms with Crippen LogP contribution in [0.5, 0.6) is 0 Å². The summed E-state index contributed by atoms with van der Waals surface area (Å²) in [5, 5.41) is 5.33. The van der Waals surface area contributed by atoms with Crippen LogP contribution in [0, 0.1) is 0 Å². The molecule has 2 aromatic carbocycles. The van der Waals surface area contributed by atoms with Crippen LogP contribution in [0.15, 0.2) is 65.3 Å². The fraction of sp³-hybridized carbons (Fsp3) is 0.211. The summed E-state index contributed by atoms with van der Waals surface area (Å²) in [6, 6.07) is 18.1. The molecule has 3 N–H and O–H groups in total. The van der Waals surface area contributed by atoms with Gasteiger partial charge in [0.2, 0.25) is 5.91 Å². The lowest BCUT2D eigenvalue weighted by Crippen LogP contribution is -2.42. The van der Waals surface area contributed by atoms with E-state index in [9.17, 15) is 4.79 Å². The predicted molar refractivity (Wildman–Crippen MR) is 91.9 cm³/mol. The fourth-order valence-electron chi connectivity index (χ4n) is 3.20. The van der Waals surface area contributed by atoms with E-state index < -0.39 is 0 Å². The first-order chi connectivity index (χ1) is 11.8. The van der Waals surface area contributed by atoms with Crippen molar-refractivity contribution in [2.75, 3.05) is 0 Å². The first-order valence-corrected chi connectivity index (χ1v) is 8.10.